The first kappa shape index (κ1) is 15.5. The summed E-state index contributed by atoms with van der Waals surface area (Å²) in [6, 6.07) is -0.270. The summed E-state index contributed by atoms with van der Waals surface area (Å²) < 4.78 is 32.3. The molecule has 1 fully saturated rings. The first-order valence-corrected chi connectivity index (χ1v) is 8.70. The van der Waals surface area contributed by atoms with Crippen LogP contribution in [0.4, 0.5) is 0 Å². The fourth-order valence-corrected chi connectivity index (χ4v) is 4.38. The molecule has 2 heterocycles. The van der Waals surface area contributed by atoms with Crippen LogP contribution in [0, 0.1) is 13.8 Å². The van der Waals surface area contributed by atoms with Crippen molar-refractivity contribution in [2.75, 3.05) is 12.3 Å². The largest absolute Gasteiger partial charge is 0.361 e. The Morgan fingerprint density at radius 2 is 2.20 bits per heavy atom. The normalized spacial score (nSPS) is 21.9. The molecule has 20 heavy (non-hydrogen) atoms. The minimum atomic E-state index is -3.32. The molecule has 7 heteroatoms. The van der Waals surface area contributed by atoms with Gasteiger partial charge in [0.2, 0.25) is 10.0 Å². The number of nitrogens with zero attached hydrogens (tertiary/aromatic N) is 1. The van der Waals surface area contributed by atoms with Crippen molar-refractivity contribution in [3.8, 4) is 0 Å². The number of aryl methyl sites for hydroxylation is 2. The number of nitrogens with one attached hydrogen (secondary N) is 2. The second-order valence-corrected chi connectivity index (χ2v) is 7.30. The van der Waals surface area contributed by atoms with Crippen molar-refractivity contribution in [2.45, 2.75) is 52.1 Å². The number of hydrogen-bond donors (Lipinski definition) is 2. The zero-order valence-corrected chi connectivity index (χ0v) is 13.1. The molecule has 2 atom stereocenters. The number of piperidine rings is 1. The Labute approximate surface area is 120 Å². The van der Waals surface area contributed by atoms with E-state index >= 15 is 0 Å². The average molecular weight is 301 g/mol. The molecular formula is C13H23N3O3S. The molecule has 114 valence electrons. The van der Waals surface area contributed by atoms with Crippen LogP contribution >= 0.6 is 0 Å². The Morgan fingerprint density at radius 1 is 1.45 bits per heavy atom. The highest BCUT2D eigenvalue weighted by atomic mass is 32.2. The van der Waals surface area contributed by atoms with Crippen molar-refractivity contribution in [1.82, 2.24) is 15.2 Å². The zero-order chi connectivity index (χ0) is 14.8. The van der Waals surface area contributed by atoms with Gasteiger partial charge < -0.3 is 9.84 Å². The molecule has 0 amide bonds. The van der Waals surface area contributed by atoms with Gasteiger partial charge in [-0.3, -0.25) is 0 Å². The fourth-order valence-electron chi connectivity index (χ4n) is 2.82. The Hall–Kier alpha value is -0.920. The van der Waals surface area contributed by atoms with E-state index in [1.807, 2.05) is 13.8 Å². The molecule has 1 aromatic rings. The summed E-state index contributed by atoms with van der Waals surface area (Å²) in [5.41, 5.74) is 1.55. The molecule has 0 aromatic carbocycles. The Balaban J connectivity index is 2.00. The van der Waals surface area contributed by atoms with Gasteiger partial charge in [-0.05, 0) is 40.2 Å². The quantitative estimate of drug-likeness (QED) is 0.859. The van der Waals surface area contributed by atoms with Gasteiger partial charge in [-0.2, -0.15) is 0 Å². The molecule has 2 N–H and O–H groups in total. The topological polar surface area (TPSA) is 84.2 Å². The molecule has 1 saturated heterocycles. The van der Waals surface area contributed by atoms with Gasteiger partial charge in [0, 0.05) is 17.6 Å². The second kappa shape index (κ2) is 6.24. The molecule has 0 radical (unpaired) electrons. The van der Waals surface area contributed by atoms with Crippen LogP contribution in [0.5, 0.6) is 0 Å². The van der Waals surface area contributed by atoms with E-state index in [4.69, 9.17) is 4.52 Å². The summed E-state index contributed by atoms with van der Waals surface area (Å²) in [4.78, 5) is 0. The Kier molecular flexibility index (Phi) is 4.82. The molecule has 1 aromatic heterocycles. The van der Waals surface area contributed by atoms with Gasteiger partial charge >= 0.3 is 0 Å². The van der Waals surface area contributed by atoms with Crippen LogP contribution in [0.3, 0.4) is 0 Å². The third-order valence-electron chi connectivity index (χ3n) is 3.71. The van der Waals surface area contributed by atoms with E-state index < -0.39 is 10.0 Å². The van der Waals surface area contributed by atoms with E-state index in [9.17, 15) is 8.42 Å². The van der Waals surface area contributed by atoms with E-state index in [0.29, 0.717) is 5.76 Å². The van der Waals surface area contributed by atoms with Crippen LogP contribution in [0.2, 0.25) is 0 Å². The fraction of sp³-hybridized carbons (Fsp3) is 0.769. The van der Waals surface area contributed by atoms with Gasteiger partial charge in [-0.1, -0.05) is 11.6 Å². The van der Waals surface area contributed by atoms with E-state index in [-0.39, 0.29) is 17.8 Å². The smallest absolute Gasteiger partial charge is 0.213 e. The lowest BCUT2D eigenvalue weighted by Crippen LogP contribution is -2.43. The number of hydrogen-bond acceptors (Lipinski definition) is 5. The van der Waals surface area contributed by atoms with Gasteiger partial charge in [0.25, 0.3) is 0 Å². The Morgan fingerprint density at radius 3 is 2.75 bits per heavy atom. The number of sulfonamides is 1. The zero-order valence-electron chi connectivity index (χ0n) is 12.3. The van der Waals surface area contributed by atoms with Crippen LogP contribution in [-0.2, 0) is 10.0 Å². The lowest BCUT2D eigenvalue weighted by Gasteiger charge is -2.24. The first-order valence-electron chi connectivity index (χ1n) is 7.05. The summed E-state index contributed by atoms with van der Waals surface area (Å²) in [5.74, 6) is 0.786. The van der Waals surface area contributed by atoms with Crippen LogP contribution < -0.4 is 10.0 Å². The van der Waals surface area contributed by atoms with Gasteiger partial charge in [-0.25, -0.2) is 13.1 Å². The third-order valence-corrected chi connectivity index (χ3v) is 5.26. The van der Waals surface area contributed by atoms with Crippen LogP contribution in [0.25, 0.3) is 0 Å². The van der Waals surface area contributed by atoms with Gasteiger partial charge in [-0.15, -0.1) is 0 Å². The summed E-state index contributed by atoms with van der Waals surface area (Å²) in [6.45, 7) is 6.33. The predicted molar refractivity (Wildman–Crippen MR) is 77.0 cm³/mol. The molecule has 0 bridgehead atoms. The highest BCUT2D eigenvalue weighted by Crippen LogP contribution is 2.22. The molecule has 2 rings (SSSR count). The molecular weight excluding hydrogens is 278 g/mol. The minimum absolute atomic E-state index is 0.0538. The molecule has 1 aliphatic heterocycles. The molecule has 1 aliphatic rings. The number of aromatic nitrogens is 1. The van der Waals surface area contributed by atoms with Gasteiger partial charge in [0.15, 0.2) is 0 Å². The van der Waals surface area contributed by atoms with Crippen LogP contribution in [-0.4, -0.2) is 31.9 Å². The van der Waals surface area contributed by atoms with Crippen molar-refractivity contribution in [2.24, 2.45) is 0 Å². The highest BCUT2D eigenvalue weighted by molar-refractivity contribution is 7.89. The lowest BCUT2D eigenvalue weighted by atomic mass is 10.1. The summed E-state index contributed by atoms with van der Waals surface area (Å²) in [6.07, 6.45) is 3.13. The SMILES string of the molecule is Cc1noc(C)c1C(C)NS(=O)(=O)CC1CCCCN1. The van der Waals surface area contributed by atoms with Crippen molar-refractivity contribution in [3.63, 3.8) is 0 Å². The molecule has 0 spiro atoms. The van der Waals surface area contributed by atoms with Crippen molar-refractivity contribution in [3.05, 3.63) is 17.0 Å². The average Bonchev–Trinajstić information content (AvgIpc) is 2.69. The van der Waals surface area contributed by atoms with Crippen LogP contribution in [0.1, 0.15) is 49.2 Å². The summed E-state index contributed by atoms with van der Waals surface area (Å²) >= 11 is 0. The van der Waals surface area contributed by atoms with Gasteiger partial charge in [0.1, 0.15) is 5.76 Å². The van der Waals surface area contributed by atoms with Gasteiger partial charge in [0.05, 0.1) is 11.4 Å². The minimum Gasteiger partial charge on any atom is -0.361 e. The first-order chi connectivity index (χ1) is 9.39. The molecule has 2 unspecified atom stereocenters. The lowest BCUT2D eigenvalue weighted by molar-refractivity contribution is 0.391. The maximum atomic E-state index is 12.2. The summed E-state index contributed by atoms with van der Waals surface area (Å²) in [5, 5.41) is 7.12. The standard InChI is InChI=1S/C13H23N3O3S/c1-9-13(11(3)19-15-9)10(2)16-20(17,18)8-12-6-4-5-7-14-12/h10,12,14,16H,4-8H2,1-3H3. The molecule has 0 saturated carbocycles. The van der Waals surface area contributed by atoms with E-state index in [0.717, 1.165) is 37.1 Å². The second-order valence-electron chi connectivity index (χ2n) is 5.51. The molecule has 0 aliphatic carbocycles. The maximum Gasteiger partial charge on any atom is 0.213 e. The van der Waals surface area contributed by atoms with Crippen LogP contribution in [0.15, 0.2) is 4.52 Å². The number of rotatable bonds is 5. The highest BCUT2D eigenvalue weighted by Gasteiger charge is 2.25. The van der Waals surface area contributed by atoms with Crippen molar-refractivity contribution < 1.29 is 12.9 Å². The monoisotopic (exact) mass is 301 g/mol. The van der Waals surface area contributed by atoms with E-state index in [1.54, 1.807) is 6.92 Å². The van der Waals surface area contributed by atoms with Crippen molar-refractivity contribution >= 4 is 10.0 Å². The van der Waals surface area contributed by atoms with Crippen molar-refractivity contribution in [1.29, 1.82) is 0 Å². The Bertz CT molecular complexity index is 528. The predicted octanol–water partition coefficient (Wildman–Crippen LogP) is 1.41. The summed E-state index contributed by atoms with van der Waals surface area (Å²) in [7, 11) is -3.32. The maximum absolute atomic E-state index is 12.2. The molecule has 6 nitrogen and oxygen atoms in total. The van der Waals surface area contributed by atoms with E-state index in [2.05, 4.69) is 15.2 Å². The third kappa shape index (κ3) is 3.80. The van der Waals surface area contributed by atoms with E-state index in [1.165, 1.54) is 0 Å².